The summed E-state index contributed by atoms with van der Waals surface area (Å²) in [6, 6.07) is 0. The monoisotopic (exact) mass is 196 g/mol. The molecule has 1 saturated carbocycles. The van der Waals surface area contributed by atoms with E-state index in [0.717, 1.165) is 31.4 Å². The molecule has 78 valence electrons. The summed E-state index contributed by atoms with van der Waals surface area (Å²) in [6.07, 6.45) is 7.01. The third-order valence-electron chi connectivity index (χ3n) is 3.07. The van der Waals surface area contributed by atoms with Crippen molar-refractivity contribution in [2.45, 2.75) is 44.6 Å². The second kappa shape index (κ2) is 4.13. The van der Waals surface area contributed by atoms with Crippen molar-refractivity contribution in [3.63, 3.8) is 0 Å². The Hall–Kier alpha value is -0.830. The fraction of sp³-hybridized carbons (Fsp3) is 0.727. The summed E-state index contributed by atoms with van der Waals surface area (Å²) in [5.74, 6) is 0.896. The number of hydrogen-bond donors (Lipinski definition) is 1. The molecule has 0 saturated heterocycles. The van der Waals surface area contributed by atoms with Crippen molar-refractivity contribution in [3.05, 3.63) is 11.8 Å². The third kappa shape index (κ3) is 2.15. The van der Waals surface area contributed by atoms with Crippen LogP contribution in [0, 0.1) is 5.92 Å². The minimum absolute atomic E-state index is 0.162. The largest absolute Gasteiger partial charge is 0.431 e. The first-order chi connectivity index (χ1) is 6.75. The number of rotatable bonds is 2. The van der Waals surface area contributed by atoms with Gasteiger partial charge in [-0.15, -0.1) is 0 Å². The van der Waals surface area contributed by atoms with Crippen LogP contribution in [0.1, 0.15) is 38.5 Å². The molecule has 2 atom stereocenters. The van der Waals surface area contributed by atoms with Crippen LogP contribution in [0.5, 0.6) is 0 Å². The molecule has 0 aromatic heterocycles. The molecule has 2 aliphatic rings. The maximum absolute atomic E-state index is 10.8. The van der Waals surface area contributed by atoms with Gasteiger partial charge in [0.05, 0.1) is 12.5 Å². The highest BCUT2D eigenvalue weighted by Crippen LogP contribution is 2.31. The number of hydrogen-bond acceptors (Lipinski definition) is 3. The van der Waals surface area contributed by atoms with Crippen LogP contribution < -0.4 is 0 Å². The molecule has 0 aromatic rings. The molecule has 0 radical (unpaired) electrons. The molecule has 2 rings (SSSR count). The Labute approximate surface area is 83.8 Å². The molecule has 3 heteroatoms. The van der Waals surface area contributed by atoms with Gasteiger partial charge < -0.3 is 9.84 Å². The van der Waals surface area contributed by atoms with Crippen molar-refractivity contribution in [1.29, 1.82) is 0 Å². The number of carbonyl (C=O) groups excluding carboxylic acids is 1. The van der Waals surface area contributed by atoms with Crippen LogP contribution in [0.15, 0.2) is 11.8 Å². The fourth-order valence-corrected chi connectivity index (χ4v) is 2.24. The predicted molar refractivity (Wildman–Crippen MR) is 51.4 cm³/mol. The Bertz CT molecular complexity index is 257. The number of esters is 1. The molecule has 2 unspecified atom stereocenters. The lowest BCUT2D eigenvalue weighted by Gasteiger charge is -2.27. The standard InChI is InChI=1S/C11H16O3/c12-10-4-2-1-3-8(10)7-9-5-6-11(13)14-9/h5,8,10,12H,1-4,6-7H2. The van der Waals surface area contributed by atoms with E-state index >= 15 is 0 Å². The maximum Gasteiger partial charge on any atom is 0.314 e. The van der Waals surface area contributed by atoms with Gasteiger partial charge in [0.15, 0.2) is 0 Å². The van der Waals surface area contributed by atoms with Crippen LogP contribution in [-0.2, 0) is 9.53 Å². The van der Waals surface area contributed by atoms with Crippen LogP contribution in [0.3, 0.4) is 0 Å². The van der Waals surface area contributed by atoms with Gasteiger partial charge in [-0.3, -0.25) is 4.79 Å². The lowest BCUT2D eigenvalue weighted by atomic mass is 9.84. The second-order valence-electron chi connectivity index (χ2n) is 4.16. The van der Waals surface area contributed by atoms with E-state index in [1.54, 1.807) is 0 Å². The van der Waals surface area contributed by atoms with E-state index in [1.807, 2.05) is 6.08 Å². The number of carbonyl (C=O) groups is 1. The average molecular weight is 196 g/mol. The fourth-order valence-electron chi connectivity index (χ4n) is 2.24. The molecule has 1 aliphatic heterocycles. The minimum atomic E-state index is -0.205. The summed E-state index contributed by atoms with van der Waals surface area (Å²) in [7, 11) is 0. The lowest BCUT2D eigenvalue weighted by Crippen LogP contribution is -2.24. The summed E-state index contributed by atoms with van der Waals surface area (Å²) in [4.78, 5) is 10.8. The van der Waals surface area contributed by atoms with Crippen molar-refractivity contribution in [2.24, 2.45) is 5.92 Å². The summed E-state index contributed by atoms with van der Waals surface area (Å²) < 4.78 is 5.02. The smallest absolute Gasteiger partial charge is 0.314 e. The van der Waals surface area contributed by atoms with E-state index in [1.165, 1.54) is 6.42 Å². The average Bonchev–Trinajstić information content (AvgIpc) is 2.56. The molecule has 0 aromatic carbocycles. The van der Waals surface area contributed by atoms with Crippen LogP contribution in [-0.4, -0.2) is 17.2 Å². The zero-order chi connectivity index (χ0) is 9.97. The highest BCUT2D eigenvalue weighted by molar-refractivity contribution is 5.75. The highest BCUT2D eigenvalue weighted by Gasteiger charge is 2.26. The normalized spacial score (nSPS) is 32.6. The van der Waals surface area contributed by atoms with E-state index in [2.05, 4.69) is 0 Å². The molecule has 0 spiro atoms. The van der Waals surface area contributed by atoms with Crippen molar-refractivity contribution >= 4 is 5.97 Å². The maximum atomic E-state index is 10.8. The van der Waals surface area contributed by atoms with E-state index in [4.69, 9.17) is 4.74 Å². The van der Waals surface area contributed by atoms with Gasteiger partial charge in [0.2, 0.25) is 0 Å². The second-order valence-corrected chi connectivity index (χ2v) is 4.16. The summed E-state index contributed by atoms with van der Waals surface area (Å²) >= 11 is 0. The summed E-state index contributed by atoms with van der Waals surface area (Å²) in [5, 5.41) is 9.73. The van der Waals surface area contributed by atoms with Crippen LogP contribution in [0.2, 0.25) is 0 Å². The van der Waals surface area contributed by atoms with Gasteiger partial charge in [0.25, 0.3) is 0 Å². The van der Waals surface area contributed by atoms with Crippen molar-refractivity contribution in [3.8, 4) is 0 Å². The first kappa shape index (κ1) is 9.71. The summed E-state index contributed by atoms with van der Waals surface area (Å²) in [6.45, 7) is 0. The molecular weight excluding hydrogens is 180 g/mol. The Morgan fingerprint density at radius 3 is 2.86 bits per heavy atom. The van der Waals surface area contributed by atoms with E-state index in [-0.39, 0.29) is 12.1 Å². The topological polar surface area (TPSA) is 46.5 Å². The molecular formula is C11H16O3. The molecule has 1 aliphatic carbocycles. The Kier molecular flexibility index (Phi) is 2.87. The van der Waals surface area contributed by atoms with E-state index < -0.39 is 0 Å². The number of aliphatic hydroxyl groups excluding tert-OH is 1. The molecule has 1 N–H and O–H groups in total. The first-order valence-electron chi connectivity index (χ1n) is 5.33. The molecule has 1 fully saturated rings. The highest BCUT2D eigenvalue weighted by atomic mass is 16.5. The van der Waals surface area contributed by atoms with Gasteiger partial charge in [-0.1, -0.05) is 12.8 Å². The zero-order valence-electron chi connectivity index (χ0n) is 8.24. The van der Waals surface area contributed by atoms with Gasteiger partial charge in [-0.2, -0.15) is 0 Å². The minimum Gasteiger partial charge on any atom is -0.431 e. The first-order valence-corrected chi connectivity index (χ1v) is 5.33. The van der Waals surface area contributed by atoms with E-state index in [0.29, 0.717) is 12.3 Å². The summed E-state index contributed by atoms with van der Waals surface area (Å²) in [5.41, 5.74) is 0. The van der Waals surface area contributed by atoms with Crippen molar-refractivity contribution in [2.75, 3.05) is 0 Å². The van der Waals surface area contributed by atoms with Crippen LogP contribution in [0.4, 0.5) is 0 Å². The van der Waals surface area contributed by atoms with Crippen LogP contribution >= 0.6 is 0 Å². The Morgan fingerprint density at radius 1 is 1.43 bits per heavy atom. The Balaban J connectivity index is 1.87. The van der Waals surface area contributed by atoms with Crippen LogP contribution in [0.25, 0.3) is 0 Å². The molecule has 0 amide bonds. The molecule has 0 bridgehead atoms. The lowest BCUT2D eigenvalue weighted by molar-refractivity contribution is -0.137. The number of allylic oxidation sites excluding steroid dienone is 1. The van der Waals surface area contributed by atoms with Gasteiger partial charge in [-0.05, 0) is 24.8 Å². The molecule has 3 nitrogen and oxygen atoms in total. The Morgan fingerprint density at radius 2 is 2.21 bits per heavy atom. The van der Waals surface area contributed by atoms with Gasteiger partial charge in [0.1, 0.15) is 5.76 Å². The zero-order valence-corrected chi connectivity index (χ0v) is 8.24. The van der Waals surface area contributed by atoms with Gasteiger partial charge in [-0.25, -0.2) is 0 Å². The quantitative estimate of drug-likeness (QED) is 0.684. The van der Waals surface area contributed by atoms with Crippen molar-refractivity contribution < 1.29 is 14.6 Å². The molecule has 14 heavy (non-hydrogen) atoms. The van der Waals surface area contributed by atoms with Crippen molar-refractivity contribution in [1.82, 2.24) is 0 Å². The number of aliphatic hydroxyl groups is 1. The SMILES string of the molecule is O=C1CC=C(CC2CCCCC2O)O1. The predicted octanol–water partition coefficient (Wildman–Crippen LogP) is 1.76. The number of ether oxygens (including phenoxy) is 1. The van der Waals surface area contributed by atoms with Gasteiger partial charge in [0, 0.05) is 6.42 Å². The van der Waals surface area contributed by atoms with E-state index in [9.17, 15) is 9.90 Å². The molecule has 1 heterocycles. The third-order valence-corrected chi connectivity index (χ3v) is 3.07. The van der Waals surface area contributed by atoms with Gasteiger partial charge >= 0.3 is 5.97 Å². The number of cyclic esters (lactones) is 1.